The van der Waals surface area contributed by atoms with Crippen LogP contribution in [-0.4, -0.2) is 44.9 Å². The molecule has 0 atom stereocenters. The second kappa shape index (κ2) is 19.5. The molecule has 17 aromatic rings. The van der Waals surface area contributed by atoms with Gasteiger partial charge in [-0.1, -0.05) is 192 Å². The molecule has 0 amide bonds. The normalized spacial score (nSPS) is 11.9. The molecule has 0 saturated heterocycles. The Bertz CT molecular complexity index is 5250. The summed E-state index contributed by atoms with van der Waals surface area (Å²) < 4.78 is 9.36. The Labute approximate surface area is 496 Å². The smallest absolute Gasteiger partial charge is 0.289 e. The van der Waals surface area contributed by atoms with Gasteiger partial charge in [0.1, 0.15) is 23.3 Å². The quantitative estimate of drug-likeness (QED) is 0.135. The summed E-state index contributed by atoms with van der Waals surface area (Å²) >= 11 is 0. The van der Waals surface area contributed by atoms with E-state index in [1.54, 1.807) is 0 Å². The zero-order valence-electron chi connectivity index (χ0n) is 47.6. The lowest BCUT2D eigenvalue weighted by Gasteiger charge is -2.21. The monoisotopic (exact) mass is 1100 g/mol. The Hall–Kier alpha value is -11.2. The number of hydrogen-bond acceptors (Lipinski definition) is 4. The Kier molecular flexibility index (Phi) is 11.2. The van der Waals surface area contributed by atoms with Crippen LogP contribution in [0.3, 0.4) is 0 Å². The highest BCUT2D eigenvalue weighted by Crippen LogP contribution is 2.44. The molecule has 0 radical (unpaired) electrons. The number of aromatic nitrogens is 8. The van der Waals surface area contributed by atoms with Gasteiger partial charge in [0.2, 0.25) is 0 Å². The summed E-state index contributed by atoms with van der Waals surface area (Å²) in [6.07, 6.45) is 0. The van der Waals surface area contributed by atoms with Crippen molar-refractivity contribution < 1.29 is 0 Å². The van der Waals surface area contributed by atoms with E-state index in [0.717, 1.165) is 112 Å². The molecule has 0 aliphatic rings. The molecule has 9 heteroatoms. The summed E-state index contributed by atoms with van der Waals surface area (Å²) in [4.78, 5) is 22.2. The van der Waals surface area contributed by atoms with Crippen molar-refractivity contribution in [1.82, 2.24) is 38.2 Å². The van der Waals surface area contributed by atoms with E-state index in [4.69, 9.17) is 19.9 Å². The number of hydrogen-bond donors (Lipinski definition) is 0. The van der Waals surface area contributed by atoms with Gasteiger partial charge in [0.05, 0.1) is 55.5 Å². The fraction of sp³-hybridized carbons (Fsp3) is 0.0390. The minimum absolute atomic E-state index is 0.315. The zero-order valence-corrected chi connectivity index (χ0v) is 47.6. The molecule has 0 N–H and O–H groups in total. The molecule has 0 aliphatic carbocycles. The van der Waals surface area contributed by atoms with Gasteiger partial charge in [0.25, 0.3) is 6.71 Å². The first-order valence-corrected chi connectivity index (χ1v) is 29.4. The average molecular weight is 1100 g/mol. The molecule has 0 unspecified atom stereocenters. The summed E-state index contributed by atoms with van der Waals surface area (Å²) in [5.74, 6) is 3.42. The van der Waals surface area contributed by atoms with Crippen molar-refractivity contribution in [1.29, 1.82) is 0 Å². The summed E-state index contributed by atoms with van der Waals surface area (Å²) in [6.45, 7) is 6.34. The van der Waals surface area contributed by atoms with Crippen LogP contribution in [0.4, 0.5) is 0 Å². The van der Waals surface area contributed by atoms with Crippen molar-refractivity contribution >= 4 is 111 Å². The third kappa shape index (κ3) is 7.57. The highest BCUT2D eigenvalue weighted by molar-refractivity contribution is 6.95. The number of aryl methyl sites for hydroxylation is 3. The van der Waals surface area contributed by atoms with Gasteiger partial charge in [-0.15, -0.1) is 0 Å². The molecule has 0 saturated carbocycles. The van der Waals surface area contributed by atoms with Crippen LogP contribution in [0.25, 0.3) is 133 Å². The van der Waals surface area contributed by atoms with Crippen LogP contribution in [0.2, 0.25) is 0 Å². The molecule has 86 heavy (non-hydrogen) atoms. The summed E-state index contributed by atoms with van der Waals surface area (Å²) in [5, 5.41) is 9.38. The number of fused-ring (bicyclic) bond motifs is 14. The summed E-state index contributed by atoms with van der Waals surface area (Å²) in [5.41, 5.74) is 19.4. The summed E-state index contributed by atoms with van der Waals surface area (Å²) in [7, 11) is 0. The zero-order chi connectivity index (χ0) is 57.1. The Morgan fingerprint density at radius 3 is 0.919 bits per heavy atom. The molecular formula is C77H53BN8. The predicted molar refractivity (Wildman–Crippen MR) is 358 cm³/mol. The second-order valence-corrected chi connectivity index (χ2v) is 22.7. The number of pyridine rings is 4. The van der Waals surface area contributed by atoms with E-state index < -0.39 is 0 Å². The maximum absolute atomic E-state index is 5.81. The van der Waals surface area contributed by atoms with Gasteiger partial charge in [-0.3, -0.25) is 18.3 Å². The molecule has 0 bridgehead atoms. The van der Waals surface area contributed by atoms with Crippen LogP contribution in [0, 0.1) is 20.8 Å². The van der Waals surface area contributed by atoms with Crippen LogP contribution >= 0.6 is 0 Å². The van der Waals surface area contributed by atoms with Gasteiger partial charge in [0, 0.05) is 65.4 Å². The highest BCUT2D eigenvalue weighted by atomic mass is 15.1. The van der Waals surface area contributed by atoms with E-state index in [-0.39, 0.29) is 6.71 Å². The van der Waals surface area contributed by atoms with Crippen molar-refractivity contribution in [3.63, 3.8) is 0 Å². The third-order valence-corrected chi connectivity index (χ3v) is 17.6. The molecule has 0 aliphatic heterocycles. The number of benzene rings is 9. The molecule has 0 spiro atoms. The first-order valence-electron chi connectivity index (χ1n) is 29.4. The lowest BCUT2D eigenvalue weighted by Crippen LogP contribution is -2.56. The van der Waals surface area contributed by atoms with Gasteiger partial charge in [0.15, 0.2) is 0 Å². The third-order valence-electron chi connectivity index (χ3n) is 17.6. The summed E-state index contributed by atoms with van der Waals surface area (Å²) in [6, 6.07) is 95.2. The minimum atomic E-state index is -0.315. The first kappa shape index (κ1) is 49.5. The molecule has 8 aromatic heterocycles. The number of nitrogens with zero attached hydrogens (tertiary/aromatic N) is 8. The fourth-order valence-corrected chi connectivity index (χ4v) is 14.2. The van der Waals surface area contributed by atoms with Gasteiger partial charge >= 0.3 is 0 Å². The molecule has 9 aromatic carbocycles. The second-order valence-electron chi connectivity index (χ2n) is 22.7. The van der Waals surface area contributed by atoms with Crippen LogP contribution in [0.15, 0.2) is 267 Å². The molecule has 0 fully saturated rings. The maximum atomic E-state index is 5.81. The van der Waals surface area contributed by atoms with E-state index in [1.165, 1.54) is 54.5 Å². The van der Waals surface area contributed by atoms with Crippen LogP contribution < -0.4 is 16.6 Å². The highest BCUT2D eigenvalue weighted by Gasteiger charge is 2.31. The predicted octanol–water partition coefficient (Wildman–Crippen LogP) is 16.4. The van der Waals surface area contributed by atoms with Crippen LogP contribution in [-0.2, 0) is 0 Å². The maximum Gasteiger partial charge on any atom is 0.289 e. The van der Waals surface area contributed by atoms with Crippen molar-refractivity contribution in [2.45, 2.75) is 20.8 Å². The first-order chi connectivity index (χ1) is 42.4. The molecule has 8 heterocycles. The lowest BCUT2D eigenvalue weighted by molar-refractivity contribution is 1.08. The van der Waals surface area contributed by atoms with Gasteiger partial charge in [-0.05, 0) is 118 Å². The van der Waals surface area contributed by atoms with Gasteiger partial charge in [-0.2, -0.15) is 0 Å². The van der Waals surface area contributed by atoms with Gasteiger partial charge in [-0.25, -0.2) is 19.9 Å². The van der Waals surface area contributed by atoms with E-state index in [9.17, 15) is 0 Å². The Morgan fingerprint density at radius 2 is 0.570 bits per heavy atom. The molecular weight excluding hydrogens is 1050 g/mol. The molecule has 17 rings (SSSR count). The van der Waals surface area contributed by atoms with Crippen molar-refractivity contribution in [3.05, 3.63) is 284 Å². The SMILES string of the molecule is Cc1cc(C)c(B(c2cccc(-n3c4ccccc4c4c5c6ccccc6n(-c6cccc(-c7ccccc7)n6)c5ccc43)n2)c2cccc(-n3c4ccccc4c4c5c6ccccc6n(-c6cccc(-c7ccccc7)n6)c5ccc43)n2)c(C)c1. The lowest BCUT2D eigenvalue weighted by atomic mass is 9.38. The fourth-order valence-electron chi connectivity index (χ4n) is 14.2. The molecule has 404 valence electrons. The van der Waals surface area contributed by atoms with Crippen molar-refractivity contribution in [3.8, 4) is 45.8 Å². The Morgan fingerprint density at radius 1 is 0.267 bits per heavy atom. The number of rotatable bonds is 9. The standard InChI is InChI=1S/C77H53BN8/c1-48-46-49(2)77(50(3)47-48)78(67-36-20-40-71(81-67)85-61-34-16-12-28-55(61)75-65(85)44-42-63-73(75)53-26-10-14-32-59(53)83(63)69-38-18-30-57(79-69)51-22-6-4-7-23-51)68-37-21-41-72(82-68)86-62-35-17-13-29-56(62)76-66(86)45-43-64-74(76)54-27-11-15-33-60(54)84(64)70-39-19-31-58(80-70)52-24-8-5-9-25-52/h4-47H,1-3H3. The average Bonchev–Trinajstić information content (AvgIpc) is 1.63. The number of para-hydroxylation sites is 4. The largest absolute Gasteiger partial charge is 0.294 e. The van der Waals surface area contributed by atoms with Crippen LogP contribution in [0.5, 0.6) is 0 Å². The van der Waals surface area contributed by atoms with E-state index in [1.807, 2.05) is 12.1 Å². The van der Waals surface area contributed by atoms with E-state index in [2.05, 4.69) is 294 Å². The van der Waals surface area contributed by atoms with Crippen LogP contribution in [0.1, 0.15) is 16.7 Å². The minimum Gasteiger partial charge on any atom is -0.294 e. The molecule has 8 nitrogen and oxygen atoms in total. The Balaban J connectivity index is 0.845. The van der Waals surface area contributed by atoms with E-state index in [0.29, 0.717) is 0 Å². The van der Waals surface area contributed by atoms with Crippen molar-refractivity contribution in [2.75, 3.05) is 0 Å². The topological polar surface area (TPSA) is 71.3 Å². The van der Waals surface area contributed by atoms with Gasteiger partial charge < -0.3 is 0 Å². The van der Waals surface area contributed by atoms with Crippen molar-refractivity contribution in [2.24, 2.45) is 0 Å². The van der Waals surface area contributed by atoms with E-state index >= 15 is 0 Å².